The van der Waals surface area contributed by atoms with Crippen molar-refractivity contribution in [1.82, 2.24) is 28.9 Å². The number of aryl methyl sites for hydroxylation is 1. The molecule has 1 N–H and O–H groups in total. The highest BCUT2D eigenvalue weighted by Crippen LogP contribution is 2.48. The molecule has 0 spiro atoms. The minimum Gasteiger partial charge on any atom is -0.497 e. The van der Waals surface area contributed by atoms with Crippen molar-refractivity contribution in [3.8, 4) is 17.0 Å². The van der Waals surface area contributed by atoms with E-state index >= 15 is 0 Å². The summed E-state index contributed by atoms with van der Waals surface area (Å²) < 4.78 is 25.4. The third-order valence-electron chi connectivity index (χ3n) is 11.4. The summed E-state index contributed by atoms with van der Waals surface area (Å²) in [7, 11) is 4.24. The number of allylic oxidation sites excluding steroid dienone is 1. The number of carbonyl (C=O) groups excluding carboxylic acids is 2. The zero-order valence-electron chi connectivity index (χ0n) is 31.6. The molecule has 2 aromatic carbocycles. The fraction of sp³-hybridized carbons (Fsp3) is 0.488. The van der Waals surface area contributed by atoms with Crippen molar-refractivity contribution in [1.29, 1.82) is 0 Å². The molecule has 1 unspecified atom stereocenters. The molecule has 3 atom stereocenters. The second-order valence-corrected chi connectivity index (χ2v) is 16.7. The quantitative estimate of drug-likeness (QED) is 0.213. The van der Waals surface area contributed by atoms with Crippen molar-refractivity contribution < 1.29 is 18.5 Å². The summed E-state index contributed by atoms with van der Waals surface area (Å²) in [5, 5.41) is 5.80. The lowest BCUT2D eigenvalue weighted by Gasteiger charge is -2.42. The Kier molecular flexibility index (Phi) is 10.2. The van der Waals surface area contributed by atoms with Crippen molar-refractivity contribution in [2.45, 2.75) is 84.3 Å². The Morgan fingerprint density at radius 1 is 1.00 bits per heavy atom. The highest BCUT2D eigenvalue weighted by Gasteiger charge is 2.34. The SMILES string of the molecule is COc1ccc2c(c1)C=C(c1c(C(=O)N3C[C@@H](C)N(C)[C@@H](C)C3)cnn1C)Cn1c-2c(C2CCCCC2)c2ccc(C(=O)NS(=O)CC(C)C)cc21. The topological polar surface area (TPSA) is 102 Å². The normalized spacial score (nSPS) is 20.3. The first kappa shape index (κ1) is 36.2. The minimum absolute atomic E-state index is 0.0141. The van der Waals surface area contributed by atoms with Gasteiger partial charge in [-0.05, 0) is 98.7 Å². The van der Waals surface area contributed by atoms with Crippen LogP contribution < -0.4 is 9.46 Å². The largest absolute Gasteiger partial charge is 0.497 e. The van der Waals surface area contributed by atoms with Crippen LogP contribution in [0, 0.1) is 5.92 Å². The van der Waals surface area contributed by atoms with E-state index in [0.29, 0.717) is 42.4 Å². The molecule has 11 heteroatoms. The van der Waals surface area contributed by atoms with E-state index in [0.717, 1.165) is 57.6 Å². The van der Waals surface area contributed by atoms with Gasteiger partial charge in [-0.3, -0.25) is 23.9 Å². The lowest BCUT2D eigenvalue weighted by Crippen LogP contribution is -2.56. The molecule has 2 aromatic heterocycles. The van der Waals surface area contributed by atoms with E-state index in [4.69, 9.17) is 4.74 Å². The molecule has 0 radical (unpaired) electrons. The molecule has 2 fully saturated rings. The van der Waals surface area contributed by atoms with Gasteiger partial charge in [-0.2, -0.15) is 5.10 Å². The molecule has 3 aliphatic rings. The first-order valence-electron chi connectivity index (χ1n) is 18.7. The fourth-order valence-electron chi connectivity index (χ4n) is 8.55. The number of methoxy groups -OCH3 is 1. The van der Waals surface area contributed by atoms with Gasteiger partial charge in [-0.1, -0.05) is 39.2 Å². The molecular weight excluding hydrogens is 673 g/mol. The van der Waals surface area contributed by atoms with Crippen molar-refractivity contribution in [3.05, 3.63) is 70.5 Å². The van der Waals surface area contributed by atoms with E-state index < -0.39 is 11.0 Å². The molecule has 2 amide bonds. The van der Waals surface area contributed by atoms with Gasteiger partial charge in [0.2, 0.25) is 0 Å². The summed E-state index contributed by atoms with van der Waals surface area (Å²) in [6, 6.07) is 12.6. The number of carbonyl (C=O) groups is 2. The van der Waals surface area contributed by atoms with E-state index in [1.807, 2.05) is 48.7 Å². The van der Waals surface area contributed by atoms with Crippen molar-refractivity contribution in [2.75, 3.05) is 33.0 Å². The molecule has 0 bridgehead atoms. The van der Waals surface area contributed by atoms with E-state index in [2.05, 4.69) is 64.5 Å². The Labute approximate surface area is 309 Å². The summed E-state index contributed by atoms with van der Waals surface area (Å²) in [5.74, 6) is 1.36. The van der Waals surface area contributed by atoms with Crippen LogP contribution in [-0.2, 0) is 24.6 Å². The molecule has 1 saturated heterocycles. The maximum atomic E-state index is 14.4. The van der Waals surface area contributed by atoms with Gasteiger partial charge in [0.1, 0.15) is 16.7 Å². The van der Waals surface area contributed by atoms with Crippen LogP contribution in [0.3, 0.4) is 0 Å². The Bertz CT molecular complexity index is 2060. The molecule has 276 valence electrons. The number of ether oxygens (including phenoxy) is 1. The molecule has 4 aromatic rings. The van der Waals surface area contributed by atoms with Gasteiger partial charge >= 0.3 is 0 Å². The molecule has 1 aliphatic carbocycles. The predicted octanol–water partition coefficient (Wildman–Crippen LogP) is 6.87. The summed E-state index contributed by atoms with van der Waals surface area (Å²) in [5.41, 5.74) is 8.30. The van der Waals surface area contributed by atoms with E-state index in [9.17, 15) is 13.8 Å². The first-order chi connectivity index (χ1) is 24.9. The van der Waals surface area contributed by atoms with Gasteiger partial charge in [0, 0.05) is 60.0 Å². The Hall–Kier alpha value is -4.22. The van der Waals surface area contributed by atoms with Crippen LogP contribution >= 0.6 is 0 Å². The maximum Gasteiger partial charge on any atom is 0.263 e. The summed E-state index contributed by atoms with van der Waals surface area (Å²) in [6.07, 6.45) is 9.72. The number of hydrogen-bond acceptors (Lipinski definition) is 6. The van der Waals surface area contributed by atoms with E-state index in [1.54, 1.807) is 13.3 Å². The van der Waals surface area contributed by atoms with Crippen LogP contribution in [0.1, 0.15) is 103 Å². The monoisotopic (exact) mass is 724 g/mol. The van der Waals surface area contributed by atoms with Gasteiger partial charge in [-0.15, -0.1) is 0 Å². The van der Waals surface area contributed by atoms with Crippen LogP contribution in [0.15, 0.2) is 42.6 Å². The molecule has 7 rings (SSSR count). The molecule has 4 heterocycles. The lowest BCUT2D eigenvalue weighted by atomic mass is 9.81. The van der Waals surface area contributed by atoms with Crippen LogP contribution in [0.2, 0.25) is 0 Å². The smallest absolute Gasteiger partial charge is 0.263 e. The Morgan fingerprint density at radius 2 is 1.73 bits per heavy atom. The average Bonchev–Trinajstić information content (AvgIpc) is 3.61. The summed E-state index contributed by atoms with van der Waals surface area (Å²) in [6.45, 7) is 10.1. The first-order valence-corrected chi connectivity index (χ1v) is 20.0. The van der Waals surface area contributed by atoms with Crippen LogP contribution in [0.5, 0.6) is 5.75 Å². The van der Waals surface area contributed by atoms with Gasteiger partial charge in [-0.25, -0.2) is 4.21 Å². The summed E-state index contributed by atoms with van der Waals surface area (Å²) in [4.78, 5) is 32.2. The number of rotatable bonds is 8. The van der Waals surface area contributed by atoms with Crippen molar-refractivity contribution >= 4 is 45.4 Å². The molecule has 1 saturated carbocycles. The predicted molar refractivity (Wildman–Crippen MR) is 209 cm³/mol. The highest BCUT2D eigenvalue weighted by atomic mass is 32.2. The fourth-order valence-corrected chi connectivity index (χ4v) is 9.56. The van der Waals surface area contributed by atoms with Gasteiger partial charge < -0.3 is 14.2 Å². The number of aromatic nitrogens is 3. The third kappa shape index (κ3) is 6.73. The zero-order valence-corrected chi connectivity index (χ0v) is 32.4. The standard InChI is InChI=1S/C41H52N6O4S/c1-25(2)24-52(50)43-40(48)29-13-15-34-36(19-29)47-23-31(38-35(20-42-45(38)6)41(49)46-21-26(3)44(5)27(4)22-46)17-30-18-32(51-7)14-16-33(30)39(47)37(34)28-11-9-8-10-12-28/h13-20,25-28H,8-12,21-24H2,1-7H3,(H,43,48)/t26-,27+,52?. The van der Waals surface area contributed by atoms with Crippen molar-refractivity contribution in [2.24, 2.45) is 13.0 Å². The highest BCUT2D eigenvalue weighted by molar-refractivity contribution is 7.83. The van der Waals surface area contributed by atoms with Gasteiger partial charge in [0.25, 0.3) is 11.8 Å². The van der Waals surface area contributed by atoms with E-state index in [1.165, 1.54) is 24.8 Å². The molecular formula is C41H52N6O4S. The summed E-state index contributed by atoms with van der Waals surface area (Å²) >= 11 is 0. The number of benzene rings is 2. The average molecular weight is 725 g/mol. The Balaban J connectivity index is 1.41. The number of nitrogens with one attached hydrogen (secondary N) is 1. The minimum atomic E-state index is -1.47. The number of piperazine rings is 1. The number of likely N-dealkylation sites (N-methyl/N-ethyl adjacent to an activating group) is 1. The number of nitrogens with zero attached hydrogens (tertiary/aromatic N) is 5. The Morgan fingerprint density at radius 3 is 2.42 bits per heavy atom. The number of amides is 2. The lowest BCUT2D eigenvalue weighted by molar-refractivity contribution is 0.0414. The van der Waals surface area contributed by atoms with Crippen molar-refractivity contribution in [3.63, 3.8) is 0 Å². The molecule has 2 aliphatic heterocycles. The number of hydrogen-bond donors (Lipinski definition) is 1. The zero-order chi connectivity index (χ0) is 36.8. The second kappa shape index (κ2) is 14.7. The van der Waals surface area contributed by atoms with Crippen LogP contribution in [0.4, 0.5) is 0 Å². The third-order valence-corrected chi connectivity index (χ3v) is 12.7. The maximum absolute atomic E-state index is 14.4. The van der Waals surface area contributed by atoms with E-state index in [-0.39, 0.29) is 29.8 Å². The van der Waals surface area contributed by atoms with Crippen LogP contribution in [-0.4, -0.2) is 85.3 Å². The second-order valence-electron chi connectivity index (χ2n) is 15.5. The van der Waals surface area contributed by atoms with Gasteiger partial charge in [0.15, 0.2) is 0 Å². The van der Waals surface area contributed by atoms with Crippen LogP contribution in [0.25, 0.3) is 33.8 Å². The molecule has 52 heavy (non-hydrogen) atoms. The molecule has 10 nitrogen and oxygen atoms in total. The number of fused-ring (bicyclic) bond motifs is 5. The van der Waals surface area contributed by atoms with Gasteiger partial charge in [0.05, 0.1) is 36.8 Å².